The molecule has 1 saturated heterocycles. The first-order chi connectivity index (χ1) is 15.5. The molecule has 0 saturated carbocycles. The molecule has 32 heavy (non-hydrogen) atoms. The molecule has 3 aromatic rings. The number of rotatable bonds is 6. The van der Waals surface area contributed by atoms with Crippen molar-refractivity contribution in [3.05, 3.63) is 88.7 Å². The minimum atomic E-state index is -0.406. The third-order valence-corrected chi connectivity index (χ3v) is 5.70. The second-order valence-electron chi connectivity index (χ2n) is 7.49. The summed E-state index contributed by atoms with van der Waals surface area (Å²) in [7, 11) is 0. The zero-order valence-corrected chi connectivity index (χ0v) is 18.7. The van der Waals surface area contributed by atoms with E-state index in [2.05, 4.69) is 31.5 Å². The number of anilines is 2. The molecule has 1 aliphatic heterocycles. The molecule has 1 unspecified atom stereocenters. The number of aromatic nitrogens is 1. The summed E-state index contributed by atoms with van der Waals surface area (Å²) in [6.07, 6.45) is 3.30. The maximum atomic E-state index is 12.7. The monoisotopic (exact) mass is 492 g/mol. The Labute approximate surface area is 194 Å². The van der Waals surface area contributed by atoms with Crippen LogP contribution >= 0.6 is 15.9 Å². The van der Waals surface area contributed by atoms with E-state index < -0.39 is 5.92 Å². The fourth-order valence-electron chi connectivity index (χ4n) is 3.58. The van der Waals surface area contributed by atoms with Crippen LogP contribution in [0.4, 0.5) is 11.4 Å². The number of amides is 3. The Morgan fingerprint density at radius 1 is 1.06 bits per heavy atom. The van der Waals surface area contributed by atoms with E-state index in [0.29, 0.717) is 24.3 Å². The van der Waals surface area contributed by atoms with Gasteiger partial charge in [0.1, 0.15) is 0 Å². The van der Waals surface area contributed by atoms with Crippen molar-refractivity contribution < 1.29 is 14.4 Å². The number of hydrogen-bond acceptors (Lipinski definition) is 4. The summed E-state index contributed by atoms with van der Waals surface area (Å²) in [6, 6.07) is 18.0. The van der Waals surface area contributed by atoms with Gasteiger partial charge >= 0.3 is 0 Å². The van der Waals surface area contributed by atoms with Crippen LogP contribution in [0.5, 0.6) is 0 Å². The Morgan fingerprint density at radius 2 is 1.84 bits per heavy atom. The van der Waals surface area contributed by atoms with E-state index >= 15 is 0 Å². The van der Waals surface area contributed by atoms with Gasteiger partial charge in [0.2, 0.25) is 11.8 Å². The van der Waals surface area contributed by atoms with Crippen molar-refractivity contribution in [3.8, 4) is 0 Å². The number of nitrogens with zero attached hydrogens (tertiary/aromatic N) is 2. The number of pyridine rings is 1. The molecule has 0 aliphatic carbocycles. The smallest absolute Gasteiger partial charge is 0.255 e. The van der Waals surface area contributed by atoms with Crippen molar-refractivity contribution in [2.24, 2.45) is 5.92 Å². The van der Waals surface area contributed by atoms with Crippen LogP contribution in [0.1, 0.15) is 22.3 Å². The zero-order chi connectivity index (χ0) is 22.5. The second-order valence-corrected chi connectivity index (χ2v) is 8.41. The number of carbonyl (C=O) groups excluding carboxylic acids is 3. The largest absolute Gasteiger partial charge is 0.352 e. The predicted octanol–water partition coefficient (Wildman–Crippen LogP) is 3.77. The van der Waals surface area contributed by atoms with E-state index in [-0.39, 0.29) is 24.1 Å². The minimum absolute atomic E-state index is 0.0657. The van der Waals surface area contributed by atoms with Gasteiger partial charge < -0.3 is 15.5 Å². The van der Waals surface area contributed by atoms with E-state index in [1.54, 1.807) is 35.5 Å². The van der Waals surface area contributed by atoms with Gasteiger partial charge in [-0.05, 0) is 48.0 Å². The highest BCUT2D eigenvalue weighted by molar-refractivity contribution is 9.10. The molecule has 1 aliphatic rings. The van der Waals surface area contributed by atoms with Crippen molar-refractivity contribution in [2.45, 2.75) is 13.0 Å². The molecule has 7 nitrogen and oxygen atoms in total. The van der Waals surface area contributed by atoms with E-state index in [4.69, 9.17) is 0 Å². The molecular formula is C24H21BrN4O3. The minimum Gasteiger partial charge on any atom is -0.352 e. The number of nitrogens with one attached hydrogen (secondary N) is 2. The number of benzene rings is 2. The SMILES string of the molecule is O=C(Nc1cccc(CNC(=O)C2CC(=O)N(c3cccc(Br)c3)C2)c1)c1ccncc1. The van der Waals surface area contributed by atoms with Crippen LogP contribution in [-0.2, 0) is 16.1 Å². The first-order valence-corrected chi connectivity index (χ1v) is 10.9. The zero-order valence-electron chi connectivity index (χ0n) is 17.1. The number of carbonyl (C=O) groups is 3. The average Bonchev–Trinajstić information content (AvgIpc) is 3.20. The van der Waals surface area contributed by atoms with E-state index in [9.17, 15) is 14.4 Å². The predicted molar refractivity (Wildman–Crippen MR) is 125 cm³/mol. The van der Waals surface area contributed by atoms with E-state index in [1.165, 1.54) is 0 Å². The first-order valence-electron chi connectivity index (χ1n) is 10.1. The lowest BCUT2D eigenvalue weighted by Crippen LogP contribution is -2.32. The van der Waals surface area contributed by atoms with Crippen molar-refractivity contribution >= 4 is 45.0 Å². The standard InChI is InChI=1S/C24H21BrN4O3/c25-19-4-2-6-21(13-19)29-15-18(12-22(29)30)23(31)27-14-16-3-1-5-20(11-16)28-24(32)17-7-9-26-10-8-17/h1-11,13,18H,12,14-15H2,(H,27,31)(H,28,32). The highest BCUT2D eigenvalue weighted by Crippen LogP contribution is 2.27. The highest BCUT2D eigenvalue weighted by atomic mass is 79.9. The summed E-state index contributed by atoms with van der Waals surface area (Å²) in [4.78, 5) is 43.0. The Balaban J connectivity index is 1.34. The number of halogens is 1. The Kier molecular flexibility index (Phi) is 6.61. The third kappa shape index (κ3) is 5.20. The molecular weight excluding hydrogens is 472 g/mol. The summed E-state index contributed by atoms with van der Waals surface area (Å²) in [5, 5.41) is 5.75. The van der Waals surface area contributed by atoms with Gasteiger partial charge in [-0.15, -0.1) is 0 Å². The molecule has 4 rings (SSSR count). The summed E-state index contributed by atoms with van der Waals surface area (Å²) in [6.45, 7) is 0.655. The molecule has 1 fully saturated rings. The molecule has 0 bridgehead atoms. The fraction of sp³-hybridized carbons (Fsp3) is 0.167. The maximum Gasteiger partial charge on any atom is 0.255 e. The Morgan fingerprint density at radius 3 is 2.62 bits per heavy atom. The van der Waals surface area contributed by atoms with Crippen LogP contribution in [0.15, 0.2) is 77.5 Å². The molecule has 3 amide bonds. The quantitative estimate of drug-likeness (QED) is 0.547. The molecule has 162 valence electrons. The van der Waals surface area contributed by atoms with Crippen molar-refractivity contribution in [2.75, 3.05) is 16.8 Å². The van der Waals surface area contributed by atoms with Gasteiger partial charge in [0, 0.05) is 53.3 Å². The molecule has 1 atom stereocenters. The summed E-state index contributed by atoms with van der Waals surface area (Å²) < 4.78 is 0.881. The van der Waals surface area contributed by atoms with Crippen LogP contribution < -0.4 is 15.5 Å². The molecule has 0 spiro atoms. The van der Waals surface area contributed by atoms with Gasteiger partial charge in [-0.25, -0.2) is 0 Å². The normalized spacial score (nSPS) is 15.5. The molecule has 0 radical (unpaired) electrons. The van der Waals surface area contributed by atoms with E-state index in [1.807, 2.05) is 42.5 Å². The van der Waals surface area contributed by atoms with Gasteiger partial charge in [0.15, 0.2) is 0 Å². The van der Waals surface area contributed by atoms with Gasteiger partial charge in [0.05, 0.1) is 5.92 Å². The van der Waals surface area contributed by atoms with Crippen LogP contribution in [0.3, 0.4) is 0 Å². The lowest BCUT2D eigenvalue weighted by Gasteiger charge is -2.17. The average molecular weight is 493 g/mol. The van der Waals surface area contributed by atoms with E-state index in [0.717, 1.165) is 15.7 Å². The molecule has 2 N–H and O–H groups in total. The highest BCUT2D eigenvalue weighted by Gasteiger charge is 2.35. The van der Waals surface area contributed by atoms with Crippen molar-refractivity contribution in [1.29, 1.82) is 0 Å². The number of hydrogen-bond donors (Lipinski definition) is 2. The summed E-state index contributed by atoms with van der Waals surface area (Å²) in [5.41, 5.74) is 2.77. The lowest BCUT2D eigenvalue weighted by molar-refractivity contribution is -0.126. The van der Waals surface area contributed by atoms with Crippen LogP contribution in [-0.4, -0.2) is 29.3 Å². The third-order valence-electron chi connectivity index (χ3n) is 5.21. The fourth-order valence-corrected chi connectivity index (χ4v) is 3.96. The summed E-state index contributed by atoms with van der Waals surface area (Å²) in [5.74, 6) is -0.868. The van der Waals surface area contributed by atoms with Crippen molar-refractivity contribution in [1.82, 2.24) is 10.3 Å². The van der Waals surface area contributed by atoms with Gasteiger partial charge in [-0.2, -0.15) is 0 Å². The molecule has 1 aromatic heterocycles. The Bertz CT molecular complexity index is 1150. The van der Waals surface area contributed by atoms with Crippen LogP contribution in [0.2, 0.25) is 0 Å². The Hall–Kier alpha value is -3.52. The van der Waals surface area contributed by atoms with Crippen molar-refractivity contribution in [3.63, 3.8) is 0 Å². The van der Waals surface area contributed by atoms with Gasteiger partial charge in [0.25, 0.3) is 5.91 Å². The molecule has 8 heteroatoms. The maximum absolute atomic E-state index is 12.7. The first kappa shape index (κ1) is 21.7. The molecule has 2 heterocycles. The van der Waals surface area contributed by atoms with Gasteiger partial charge in [-0.3, -0.25) is 19.4 Å². The van der Waals surface area contributed by atoms with Gasteiger partial charge in [-0.1, -0.05) is 34.1 Å². The lowest BCUT2D eigenvalue weighted by atomic mass is 10.1. The topological polar surface area (TPSA) is 91.4 Å². The second kappa shape index (κ2) is 9.74. The van der Waals surface area contributed by atoms with Crippen LogP contribution in [0.25, 0.3) is 0 Å². The molecule has 2 aromatic carbocycles. The van der Waals surface area contributed by atoms with Crippen LogP contribution in [0, 0.1) is 5.92 Å². The summed E-state index contributed by atoms with van der Waals surface area (Å²) >= 11 is 3.41.